The highest BCUT2D eigenvalue weighted by Crippen LogP contribution is 2.56. The second-order valence-corrected chi connectivity index (χ2v) is 15.1. The molecule has 0 bridgehead atoms. The number of rotatable bonds is 8. The Hall–Kier alpha value is -4.15. The lowest BCUT2D eigenvalue weighted by molar-refractivity contribution is -0.153. The van der Waals surface area contributed by atoms with E-state index >= 15 is 0 Å². The first-order chi connectivity index (χ1) is 23.7. The molecule has 0 radical (unpaired) electrons. The Morgan fingerprint density at radius 3 is 2.40 bits per heavy atom. The SMILES string of the molecule is COC(=O)N[C@H](C(=O)N1CC2(C[C@H]1c1ncc(-c3ccc(-c4ccc(OS(=O)(=O)C(F)(F)F)c5c4C4CCC4C5)cc3)[nH]1)OCCO2)C(C)C. The standard InChI is InChI=1S/C34H37F3N4O8S/c1-18(2)29(40-32(43)46-3)31(42)41-17-33(47-12-13-48-33)15-26(41)30-38-16-25(39-30)20-6-4-19(5-7-20)22-10-11-27(49-50(44,45)34(35,36)37)24-14-21-8-9-23(21)28(22)24/h4-7,10-11,16,18,21,23,26,29H,8-9,12-15,17H2,1-3H3,(H,38,39)(H,40,43)/t21?,23?,26-,29-/m0/s1. The zero-order valence-corrected chi connectivity index (χ0v) is 28.4. The number of methoxy groups -OCH3 is 1. The number of nitrogens with zero attached hydrogens (tertiary/aromatic N) is 2. The highest BCUT2D eigenvalue weighted by atomic mass is 32.2. The summed E-state index contributed by atoms with van der Waals surface area (Å²) in [7, 11) is -4.56. The first-order valence-electron chi connectivity index (χ1n) is 16.5. The van der Waals surface area contributed by atoms with E-state index < -0.39 is 39.6 Å². The number of carbonyl (C=O) groups is 2. The predicted molar refractivity (Wildman–Crippen MR) is 172 cm³/mol. The van der Waals surface area contributed by atoms with E-state index in [1.54, 1.807) is 17.2 Å². The van der Waals surface area contributed by atoms with E-state index in [9.17, 15) is 31.2 Å². The number of alkyl carbamates (subject to hydrolysis) is 1. The number of imidazole rings is 1. The maximum atomic E-state index is 13.9. The van der Waals surface area contributed by atoms with Gasteiger partial charge in [-0.2, -0.15) is 21.6 Å². The summed E-state index contributed by atoms with van der Waals surface area (Å²) in [4.78, 5) is 35.6. The van der Waals surface area contributed by atoms with Gasteiger partial charge in [-0.15, -0.1) is 0 Å². The summed E-state index contributed by atoms with van der Waals surface area (Å²) in [6.07, 6.45) is 3.53. The van der Waals surface area contributed by atoms with Crippen LogP contribution in [-0.2, 0) is 35.5 Å². The molecule has 2 amide bonds. The number of fused-ring (bicyclic) bond motifs is 3. The fourth-order valence-electron chi connectivity index (χ4n) is 7.61. The number of ether oxygens (including phenoxy) is 3. The number of halogens is 3. The molecule has 16 heteroatoms. The number of amides is 2. The number of aromatic nitrogens is 2. The molecular formula is C34H37F3N4O8S. The van der Waals surface area contributed by atoms with Gasteiger partial charge in [0.25, 0.3) is 0 Å². The van der Waals surface area contributed by atoms with Crippen molar-refractivity contribution < 1.29 is 49.6 Å². The van der Waals surface area contributed by atoms with Crippen molar-refractivity contribution in [3.05, 3.63) is 59.5 Å². The van der Waals surface area contributed by atoms with Crippen LogP contribution in [0.15, 0.2) is 42.6 Å². The van der Waals surface area contributed by atoms with Gasteiger partial charge >= 0.3 is 21.7 Å². The van der Waals surface area contributed by atoms with Gasteiger partial charge < -0.3 is 33.6 Å². The largest absolute Gasteiger partial charge is 0.534 e. The number of hydrogen-bond donors (Lipinski definition) is 2. The molecule has 3 fully saturated rings. The second kappa shape index (κ2) is 12.6. The number of likely N-dealkylation sites (tertiary alicyclic amines) is 1. The van der Waals surface area contributed by atoms with Crippen LogP contribution in [0.3, 0.4) is 0 Å². The third-order valence-corrected chi connectivity index (χ3v) is 11.2. The topological polar surface area (TPSA) is 149 Å². The predicted octanol–water partition coefficient (Wildman–Crippen LogP) is 5.42. The van der Waals surface area contributed by atoms with Gasteiger partial charge in [0.1, 0.15) is 17.6 Å². The third-order valence-electron chi connectivity index (χ3n) is 10.2. The minimum Gasteiger partial charge on any atom is -0.453 e. The second-order valence-electron chi connectivity index (χ2n) is 13.5. The molecule has 2 aliphatic carbocycles. The number of aromatic amines is 1. The van der Waals surface area contributed by atoms with E-state index in [0.29, 0.717) is 43.1 Å². The maximum absolute atomic E-state index is 13.9. The summed E-state index contributed by atoms with van der Waals surface area (Å²) < 4.78 is 84.3. The number of hydrogen-bond acceptors (Lipinski definition) is 9. The van der Waals surface area contributed by atoms with Crippen molar-refractivity contribution in [2.75, 3.05) is 26.9 Å². The minimum atomic E-state index is -5.80. The molecule has 1 aromatic heterocycles. The smallest absolute Gasteiger partial charge is 0.453 e. The van der Waals surface area contributed by atoms with E-state index in [-0.39, 0.29) is 36.0 Å². The number of carbonyl (C=O) groups excluding carboxylic acids is 2. The molecule has 4 atom stereocenters. The summed E-state index contributed by atoms with van der Waals surface area (Å²) in [6, 6.07) is 9.13. The minimum absolute atomic E-state index is 0.123. The van der Waals surface area contributed by atoms with Gasteiger partial charge in [0.2, 0.25) is 5.91 Å². The molecule has 2 aliphatic heterocycles. The van der Waals surface area contributed by atoms with E-state index in [0.717, 1.165) is 35.1 Å². The molecule has 3 aromatic rings. The van der Waals surface area contributed by atoms with Gasteiger partial charge in [-0.1, -0.05) is 44.2 Å². The van der Waals surface area contributed by atoms with Crippen molar-refractivity contribution in [3.8, 4) is 28.1 Å². The van der Waals surface area contributed by atoms with Gasteiger partial charge in [0.05, 0.1) is 44.8 Å². The molecular weight excluding hydrogens is 681 g/mol. The van der Waals surface area contributed by atoms with Crippen LogP contribution in [0.5, 0.6) is 5.75 Å². The van der Waals surface area contributed by atoms with Crippen LogP contribution < -0.4 is 9.50 Å². The summed E-state index contributed by atoms with van der Waals surface area (Å²) >= 11 is 0. The molecule has 12 nitrogen and oxygen atoms in total. The molecule has 4 aliphatic rings. The van der Waals surface area contributed by atoms with Crippen molar-refractivity contribution in [3.63, 3.8) is 0 Å². The number of H-pyrrole nitrogens is 1. The van der Waals surface area contributed by atoms with E-state index in [1.807, 2.05) is 38.1 Å². The van der Waals surface area contributed by atoms with Gasteiger partial charge in [-0.25, -0.2) is 9.78 Å². The Kier molecular flexibility index (Phi) is 8.62. The summed E-state index contributed by atoms with van der Waals surface area (Å²) in [6.45, 7) is 4.61. The van der Waals surface area contributed by atoms with Crippen molar-refractivity contribution >= 4 is 22.1 Å². The molecule has 50 heavy (non-hydrogen) atoms. The Morgan fingerprint density at radius 2 is 1.78 bits per heavy atom. The van der Waals surface area contributed by atoms with E-state index in [1.165, 1.54) is 13.2 Å². The Morgan fingerprint density at radius 1 is 1.08 bits per heavy atom. The van der Waals surface area contributed by atoms with Crippen LogP contribution >= 0.6 is 0 Å². The lowest BCUT2D eigenvalue weighted by Gasteiger charge is -2.31. The molecule has 2 unspecified atom stereocenters. The number of benzene rings is 2. The van der Waals surface area contributed by atoms with Crippen LogP contribution in [0.4, 0.5) is 18.0 Å². The third kappa shape index (κ3) is 6.00. The Labute approximate surface area is 286 Å². The molecule has 7 rings (SSSR count). The lowest BCUT2D eigenvalue weighted by Crippen LogP contribution is -2.52. The number of alkyl halides is 3. The molecule has 268 valence electrons. The Balaban J connectivity index is 1.15. The van der Waals surface area contributed by atoms with Crippen LogP contribution in [0, 0.1) is 11.8 Å². The van der Waals surface area contributed by atoms with Gasteiger partial charge in [-0.3, -0.25) is 4.79 Å². The van der Waals surface area contributed by atoms with Crippen LogP contribution in [0.25, 0.3) is 22.4 Å². The van der Waals surface area contributed by atoms with Gasteiger partial charge in [-0.05, 0) is 65.3 Å². The maximum Gasteiger partial charge on any atom is 0.534 e. The average Bonchev–Trinajstić information content (AvgIpc) is 3.85. The van der Waals surface area contributed by atoms with Crippen LogP contribution in [0.2, 0.25) is 0 Å². The molecule has 3 heterocycles. The summed E-state index contributed by atoms with van der Waals surface area (Å²) in [5.74, 6) is -0.930. The highest BCUT2D eigenvalue weighted by molar-refractivity contribution is 7.88. The zero-order chi connectivity index (χ0) is 35.6. The van der Waals surface area contributed by atoms with Crippen molar-refractivity contribution in [2.45, 2.75) is 68.8 Å². The van der Waals surface area contributed by atoms with E-state index in [4.69, 9.17) is 14.2 Å². The summed E-state index contributed by atoms with van der Waals surface area (Å²) in [5, 5.41) is 2.64. The van der Waals surface area contributed by atoms with Crippen molar-refractivity contribution in [1.82, 2.24) is 20.2 Å². The van der Waals surface area contributed by atoms with Crippen molar-refractivity contribution in [2.24, 2.45) is 11.8 Å². The summed E-state index contributed by atoms with van der Waals surface area (Å²) in [5.41, 5.74) is -1.05. The highest BCUT2D eigenvalue weighted by Gasteiger charge is 2.53. The van der Waals surface area contributed by atoms with Crippen molar-refractivity contribution in [1.29, 1.82) is 0 Å². The lowest BCUT2D eigenvalue weighted by atomic mass is 9.73. The van der Waals surface area contributed by atoms with Crippen LogP contribution in [0.1, 0.15) is 62.0 Å². The molecule has 2 aromatic carbocycles. The molecule has 2 saturated heterocycles. The first-order valence-corrected chi connectivity index (χ1v) is 17.9. The fourth-order valence-corrected chi connectivity index (χ4v) is 8.10. The van der Waals surface area contributed by atoms with Gasteiger partial charge in [0, 0.05) is 12.0 Å². The fraction of sp³-hybridized carbons (Fsp3) is 0.500. The normalized spacial score (nSPS) is 23.0. The average molecular weight is 719 g/mol. The Bertz CT molecular complexity index is 1910. The monoisotopic (exact) mass is 718 g/mol. The first kappa shape index (κ1) is 34.3. The number of nitrogens with one attached hydrogen (secondary N) is 2. The van der Waals surface area contributed by atoms with Crippen LogP contribution in [-0.4, -0.2) is 79.5 Å². The van der Waals surface area contributed by atoms with Gasteiger partial charge in [0.15, 0.2) is 5.79 Å². The zero-order valence-electron chi connectivity index (χ0n) is 27.6. The quantitative estimate of drug-likeness (QED) is 0.230. The molecule has 1 spiro atoms. The molecule has 2 N–H and O–H groups in total. The van der Waals surface area contributed by atoms with E-state index in [2.05, 4.69) is 19.5 Å². The molecule has 1 saturated carbocycles.